The lowest BCUT2D eigenvalue weighted by atomic mass is 10.1. The lowest BCUT2D eigenvalue weighted by Gasteiger charge is -2.27. The van der Waals surface area contributed by atoms with Gasteiger partial charge in [-0.05, 0) is 19.3 Å². The van der Waals surface area contributed by atoms with E-state index in [2.05, 4.69) is 0 Å². The van der Waals surface area contributed by atoms with Crippen molar-refractivity contribution in [1.29, 1.82) is 0 Å². The largest absolute Gasteiger partial charge is 0.480 e. The van der Waals surface area contributed by atoms with Crippen molar-refractivity contribution in [3.8, 4) is 0 Å². The highest BCUT2D eigenvalue weighted by molar-refractivity contribution is 5.83. The normalized spacial score (nSPS) is 27.8. The van der Waals surface area contributed by atoms with Crippen LogP contribution in [0.3, 0.4) is 0 Å². The average molecular weight is 256 g/mol. The molecule has 2 rings (SSSR count). The summed E-state index contributed by atoms with van der Waals surface area (Å²) < 4.78 is 5.09. The lowest BCUT2D eigenvalue weighted by Crippen LogP contribution is -2.47. The third-order valence-electron chi connectivity index (χ3n) is 3.74. The lowest BCUT2D eigenvalue weighted by molar-refractivity contribution is -0.141. The minimum absolute atomic E-state index is 0.126. The zero-order chi connectivity index (χ0) is 13.1. The number of rotatable bonds is 3. The number of carbonyl (C=O) groups is 2. The zero-order valence-electron chi connectivity index (χ0n) is 10.7. The van der Waals surface area contributed by atoms with Crippen molar-refractivity contribution in [3.63, 3.8) is 0 Å². The number of amides is 2. The molecule has 0 aliphatic carbocycles. The van der Waals surface area contributed by atoms with Gasteiger partial charge >= 0.3 is 12.0 Å². The van der Waals surface area contributed by atoms with Crippen LogP contribution < -0.4 is 0 Å². The van der Waals surface area contributed by atoms with Gasteiger partial charge in [0.05, 0.1) is 6.61 Å². The molecule has 2 heterocycles. The number of urea groups is 1. The quantitative estimate of drug-likeness (QED) is 0.803. The molecular weight excluding hydrogens is 236 g/mol. The number of aliphatic carboxylic acids is 1. The third kappa shape index (κ3) is 2.58. The number of carboxylic acids is 1. The highest BCUT2D eigenvalue weighted by atomic mass is 16.5. The van der Waals surface area contributed by atoms with E-state index in [0.29, 0.717) is 38.6 Å². The van der Waals surface area contributed by atoms with Gasteiger partial charge in [0, 0.05) is 32.7 Å². The second kappa shape index (κ2) is 5.56. The van der Waals surface area contributed by atoms with Crippen molar-refractivity contribution in [1.82, 2.24) is 9.80 Å². The molecule has 0 spiro atoms. The van der Waals surface area contributed by atoms with Gasteiger partial charge in [-0.1, -0.05) is 0 Å². The molecule has 2 aliphatic heterocycles. The number of likely N-dealkylation sites (tertiary alicyclic amines) is 2. The Morgan fingerprint density at radius 2 is 2.11 bits per heavy atom. The van der Waals surface area contributed by atoms with Gasteiger partial charge in [-0.15, -0.1) is 0 Å². The summed E-state index contributed by atoms with van der Waals surface area (Å²) in [4.78, 5) is 26.6. The summed E-state index contributed by atoms with van der Waals surface area (Å²) in [6.07, 6.45) is 2.28. The Morgan fingerprint density at radius 1 is 1.33 bits per heavy atom. The maximum Gasteiger partial charge on any atom is 0.326 e. The Bertz CT molecular complexity index is 334. The number of nitrogens with zero attached hydrogens (tertiary/aromatic N) is 2. The van der Waals surface area contributed by atoms with Gasteiger partial charge in [0.2, 0.25) is 0 Å². The van der Waals surface area contributed by atoms with Crippen LogP contribution in [0.15, 0.2) is 0 Å². The molecule has 2 saturated heterocycles. The van der Waals surface area contributed by atoms with E-state index in [9.17, 15) is 9.59 Å². The van der Waals surface area contributed by atoms with Crippen LogP contribution in [0, 0.1) is 5.92 Å². The summed E-state index contributed by atoms with van der Waals surface area (Å²) in [6.45, 7) is 2.60. The van der Waals surface area contributed by atoms with Crippen molar-refractivity contribution in [3.05, 3.63) is 0 Å². The Kier molecular flexibility index (Phi) is 4.06. The molecule has 18 heavy (non-hydrogen) atoms. The monoisotopic (exact) mass is 256 g/mol. The molecule has 0 aromatic heterocycles. The molecule has 1 unspecified atom stereocenters. The minimum Gasteiger partial charge on any atom is -0.480 e. The van der Waals surface area contributed by atoms with E-state index >= 15 is 0 Å². The van der Waals surface area contributed by atoms with Gasteiger partial charge in [0.15, 0.2) is 0 Å². The summed E-state index contributed by atoms with van der Waals surface area (Å²) in [7, 11) is 1.66. The molecule has 2 atom stereocenters. The molecule has 0 aromatic carbocycles. The molecule has 0 saturated carbocycles. The van der Waals surface area contributed by atoms with E-state index in [1.807, 2.05) is 0 Å². The fourth-order valence-electron chi connectivity index (χ4n) is 2.81. The van der Waals surface area contributed by atoms with E-state index in [4.69, 9.17) is 9.84 Å². The van der Waals surface area contributed by atoms with E-state index in [-0.39, 0.29) is 6.03 Å². The van der Waals surface area contributed by atoms with Crippen LogP contribution in [0.1, 0.15) is 19.3 Å². The first-order valence-electron chi connectivity index (χ1n) is 6.40. The predicted octanol–water partition coefficient (Wildman–Crippen LogP) is 0.624. The van der Waals surface area contributed by atoms with Crippen LogP contribution in [0.25, 0.3) is 0 Å². The molecule has 6 heteroatoms. The van der Waals surface area contributed by atoms with Crippen LogP contribution in [-0.4, -0.2) is 66.3 Å². The number of ether oxygens (including phenoxy) is 1. The van der Waals surface area contributed by atoms with E-state index in [1.165, 1.54) is 4.90 Å². The van der Waals surface area contributed by atoms with Crippen LogP contribution >= 0.6 is 0 Å². The topological polar surface area (TPSA) is 70.1 Å². The highest BCUT2D eigenvalue weighted by Gasteiger charge is 2.38. The van der Waals surface area contributed by atoms with E-state index in [0.717, 1.165) is 12.8 Å². The van der Waals surface area contributed by atoms with Gasteiger partial charge in [-0.3, -0.25) is 0 Å². The van der Waals surface area contributed by atoms with Gasteiger partial charge < -0.3 is 19.6 Å². The van der Waals surface area contributed by atoms with Crippen LogP contribution in [0.4, 0.5) is 4.79 Å². The first-order chi connectivity index (χ1) is 8.63. The van der Waals surface area contributed by atoms with E-state index < -0.39 is 12.0 Å². The smallest absolute Gasteiger partial charge is 0.326 e. The van der Waals surface area contributed by atoms with Crippen molar-refractivity contribution in [2.75, 3.05) is 33.4 Å². The molecular formula is C12H20N2O4. The van der Waals surface area contributed by atoms with Crippen molar-refractivity contribution in [2.45, 2.75) is 25.3 Å². The van der Waals surface area contributed by atoms with Crippen molar-refractivity contribution in [2.24, 2.45) is 5.92 Å². The third-order valence-corrected chi connectivity index (χ3v) is 3.74. The number of hydrogen-bond donors (Lipinski definition) is 1. The van der Waals surface area contributed by atoms with Gasteiger partial charge in [0.1, 0.15) is 6.04 Å². The van der Waals surface area contributed by atoms with Crippen molar-refractivity contribution < 1.29 is 19.4 Å². The molecule has 2 fully saturated rings. The number of hydrogen-bond acceptors (Lipinski definition) is 3. The summed E-state index contributed by atoms with van der Waals surface area (Å²) >= 11 is 0. The van der Waals surface area contributed by atoms with Crippen LogP contribution in [0.5, 0.6) is 0 Å². The maximum absolute atomic E-state index is 12.3. The van der Waals surface area contributed by atoms with Gasteiger partial charge in [-0.2, -0.15) is 0 Å². The molecule has 1 N–H and O–H groups in total. The van der Waals surface area contributed by atoms with Gasteiger partial charge in [0.25, 0.3) is 0 Å². The molecule has 0 radical (unpaired) electrons. The molecule has 2 aliphatic rings. The Morgan fingerprint density at radius 3 is 2.78 bits per heavy atom. The molecule has 6 nitrogen and oxygen atoms in total. The zero-order valence-corrected chi connectivity index (χ0v) is 10.7. The fraction of sp³-hybridized carbons (Fsp3) is 0.833. The molecule has 0 aromatic rings. The van der Waals surface area contributed by atoms with Crippen LogP contribution in [-0.2, 0) is 9.53 Å². The average Bonchev–Trinajstić information content (AvgIpc) is 2.96. The first kappa shape index (κ1) is 13.1. The molecule has 0 bridgehead atoms. The number of carboxylic acid groups (broad SMARTS) is 1. The number of methoxy groups -OCH3 is 1. The summed E-state index contributed by atoms with van der Waals surface area (Å²) in [6, 6.07) is -0.766. The Hall–Kier alpha value is -1.30. The summed E-state index contributed by atoms with van der Waals surface area (Å²) in [5, 5.41) is 9.08. The second-order valence-electron chi connectivity index (χ2n) is 5.03. The molecule has 102 valence electrons. The minimum atomic E-state index is -0.895. The standard InChI is InChI=1S/C12H20N2O4/c1-18-8-9-4-6-13(7-9)12(17)14-5-2-3-10(14)11(15)16/h9-10H,2-8H2,1H3,(H,15,16)/t9?,10-/m0/s1. The summed E-state index contributed by atoms with van der Waals surface area (Å²) in [5.41, 5.74) is 0. The van der Waals surface area contributed by atoms with E-state index in [1.54, 1.807) is 12.0 Å². The van der Waals surface area contributed by atoms with Crippen molar-refractivity contribution >= 4 is 12.0 Å². The highest BCUT2D eigenvalue weighted by Crippen LogP contribution is 2.23. The Balaban J connectivity index is 1.93. The first-order valence-corrected chi connectivity index (χ1v) is 6.40. The second-order valence-corrected chi connectivity index (χ2v) is 5.03. The predicted molar refractivity (Wildman–Crippen MR) is 64.3 cm³/mol. The SMILES string of the molecule is COCC1CCN(C(=O)N2CCC[C@H]2C(=O)O)C1. The Labute approximate surface area is 106 Å². The fourth-order valence-corrected chi connectivity index (χ4v) is 2.81. The maximum atomic E-state index is 12.3. The van der Waals surface area contributed by atoms with Gasteiger partial charge in [-0.25, -0.2) is 9.59 Å². The van der Waals surface area contributed by atoms with Crippen LogP contribution in [0.2, 0.25) is 0 Å². The molecule has 2 amide bonds. The number of carbonyl (C=O) groups excluding carboxylic acids is 1. The summed E-state index contributed by atoms with van der Waals surface area (Å²) in [5.74, 6) is -0.515.